The van der Waals surface area contributed by atoms with Gasteiger partial charge in [-0.3, -0.25) is 9.59 Å². The lowest BCUT2D eigenvalue weighted by Gasteiger charge is -2.50. The fourth-order valence-electron chi connectivity index (χ4n) is 6.96. The molecule has 30 heavy (non-hydrogen) atoms. The Morgan fingerprint density at radius 3 is 2.47 bits per heavy atom. The molecule has 0 radical (unpaired) electrons. The molecule has 2 aliphatic heterocycles. The van der Waals surface area contributed by atoms with Crippen molar-refractivity contribution in [2.75, 3.05) is 13.6 Å². The standard InChI is InChI=1S/C25H43N3O2/c1-16-10-11-20(27-24(29)18-8-6-4-5-7-9-18)14-21(16)22-13-19-15-26-17(2)12-23(19)28(3)25(22)30/h16-23,26H,4-15H2,1-3H3,(H,27,29). The van der Waals surface area contributed by atoms with Crippen LogP contribution in [0.3, 0.4) is 0 Å². The fourth-order valence-corrected chi connectivity index (χ4v) is 6.96. The molecule has 2 N–H and O–H groups in total. The zero-order valence-corrected chi connectivity index (χ0v) is 19.4. The van der Waals surface area contributed by atoms with Gasteiger partial charge in [-0.25, -0.2) is 0 Å². The van der Waals surface area contributed by atoms with Crippen molar-refractivity contribution >= 4 is 11.8 Å². The predicted molar refractivity (Wildman–Crippen MR) is 120 cm³/mol. The molecule has 0 spiro atoms. The minimum Gasteiger partial charge on any atom is -0.353 e. The van der Waals surface area contributed by atoms with Crippen molar-refractivity contribution in [1.82, 2.24) is 15.5 Å². The van der Waals surface area contributed by atoms with Gasteiger partial charge in [0.2, 0.25) is 11.8 Å². The number of nitrogens with one attached hydrogen (secondary N) is 2. The topological polar surface area (TPSA) is 61.4 Å². The van der Waals surface area contributed by atoms with E-state index in [2.05, 4.69) is 29.4 Å². The normalized spacial score (nSPS) is 41.1. The van der Waals surface area contributed by atoms with Gasteiger partial charge in [-0.1, -0.05) is 32.6 Å². The molecular formula is C25H43N3O2. The lowest BCUT2D eigenvalue weighted by atomic mass is 9.65. The van der Waals surface area contributed by atoms with E-state index in [0.717, 1.165) is 51.5 Å². The third-order valence-electron chi connectivity index (χ3n) is 8.93. The Hall–Kier alpha value is -1.10. The number of fused-ring (bicyclic) bond motifs is 1. The van der Waals surface area contributed by atoms with Crippen LogP contribution in [0.5, 0.6) is 0 Å². The van der Waals surface area contributed by atoms with E-state index < -0.39 is 0 Å². The van der Waals surface area contributed by atoms with Gasteiger partial charge >= 0.3 is 0 Å². The van der Waals surface area contributed by atoms with Crippen molar-refractivity contribution in [3.63, 3.8) is 0 Å². The molecule has 7 atom stereocenters. The Bertz CT molecular complexity index is 616. The monoisotopic (exact) mass is 417 g/mol. The van der Waals surface area contributed by atoms with Crippen LogP contribution in [0.4, 0.5) is 0 Å². The first kappa shape index (κ1) is 22.1. The number of carbonyl (C=O) groups excluding carboxylic acids is 2. The third-order valence-corrected chi connectivity index (χ3v) is 8.93. The quantitative estimate of drug-likeness (QED) is 0.688. The Morgan fingerprint density at radius 2 is 1.73 bits per heavy atom. The van der Waals surface area contributed by atoms with Crippen molar-refractivity contribution in [1.29, 1.82) is 0 Å². The molecule has 4 fully saturated rings. The average Bonchev–Trinajstić information content (AvgIpc) is 3.02. The summed E-state index contributed by atoms with van der Waals surface area (Å²) in [5.74, 6) is 2.51. The second kappa shape index (κ2) is 9.58. The van der Waals surface area contributed by atoms with E-state index in [1.165, 1.54) is 25.7 Å². The number of rotatable bonds is 3. The van der Waals surface area contributed by atoms with E-state index in [-0.39, 0.29) is 23.8 Å². The first-order chi connectivity index (χ1) is 14.4. The average molecular weight is 418 g/mol. The Morgan fingerprint density at radius 1 is 1.00 bits per heavy atom. The molecule has 5 heteroatoms. The molecule has 0 aromatic heterocycles. The first-order valence-corrected chi connectivity index (χ1v) is 12.7. The largest absolute Gasteiger partial charge is 0.353 e. The Labute approximate surface area is 183 Å². The minimum atomic E-state index is 0.124. The van der Waals surface area contributed by atoms with Crippen LogP contribution < -0.4 is 10.6 Å². The lowest BCUT2D eigenvalue weighted by Crippen LogP contribution is -2.60. The van der Waals surface area contributed by atoms with Gasteiger partial charge in [0.05, 0.1) is 0 Å². The highest BCUT2D eigenvalue weighted by atomic mass is 16.2. The van der Waals surface area contributed by atoms with Gasteiger partial charge in [-0.15, -0.1) is 0 Å². The van der Waals surface area contributed by atoms with Crippen LogP contribution >= 0.6 is 0 Å². The van der Waals surface area contributed by atoms with E-state index in [1.54, 1.807) is 0 Å². The van der Waals surface area contributed by atoms with Gasteiger partial charge in [0.1, 0.15) is 0 Å². The summed E-state index contributed by atoms with van der Waals surface area (Å²) >= 11 is 0. The van der Waals surface area contributed by atoms with Crippen LogP contribution in [0, 0.1) is 29.6 Å². The van der Waals surface area contributed by atoms with Gasteiger partial charge in [0.25, 0.3) is 0 Å². The maximum atomic E-state index is 13.4. The van der Waals surface area contributed by atoms with E-state index in [1.807, 2.05) is 7.05 Å². The molecule has 2 amide bonds. The minimum absolute atomic E-state index is 0.124. The number of hydrogen-bond acceptors (Lipinski definition) is 3. The summed E-state index contributed by atoms with van der Waals surface area (Å²) < 4.78 is 0. The molecule has 0 aromatic carbocycles. The summed E-state index contributed by atoms with van der Waals surface area (Å²) in [6.07, 6.45) is 12.3. The molecule has 2 saturated carbocycles. The van der Waals surface area contributed by atoms with Crippen molar-refractivity contribution in [2.45, 2.75) is 103 Å². The molecule has 4 rings (SSSR count). The third kappa shape index (κ3) is 4.71. The maximum Gasteiger partial charge on any atom is 0.225 e. The number of amides is 2. The summed E-state index contributed by atoms with van der Waals surface area (Å²) in [7, 11) is 2.03. The Kier molecular flexibility index (Phi) is 7.06. The molecule has 2 saturated heterocycles. The van der Waals surface area contributed by atoms with E-state index in [0.29, 0.717) is 35.7 Å². The molecule has 0 bridgehead atoms. The number of carbonyl (C=O) groups is 2. The lowest BCUT2D eigenvalue weighted by molar-refractivity contribution is -0.148. The smallest absolute Gasteiger partial charge is 0.225 e. The van der Waals surface area contributed by atoms with E-state index in [9.17, 15) is 9.59 Å². The highest BCUT2D eigenvalue weighted by molar-refractivity contribution is 5.80. The van der Waals surface area contributed by atoms with Gasteiger partial charge in [-0.05, 0) is 69.6 Å². The fraction of sp³-hybridized carbons (Fsp3) is 0.920. The summed E-state index contributed by atoms with van der Waals surface area (Å²) in [6.45, 7) is 5.59. The second-order valence-electron chi connectivity index (χ2n) is 11.0. The van der Waals surface area contributed by atoms with E-state index in [4.69, 9.17) is 0 Å². The maximum absolute atomic E-state index is 13.4. The van der Waals surface area contributed by atoms with Crippen LogP contribution in [0.2, 0.25) is 0 Å². The molecule has 7 unspecified atom stereocenters. The molecule has 0 aromatic rings. The van der Waals surface area contributed by atoms with E-state index >= 15 is 0 Å². The summed E-state index contributed by atoms with van der Waals surface area (Å²) in [4.78, 5) is 28.4. The molecule has 170 valence electrons. The second-order valence-corrected chi connectivity index (χ2v) is 11.0. The van der Waals surface area contributed by atoms with Crippen LogP contribution in [-0.2, 0) is 9.59 Å². The van der Waals surface area contributed by atoms with Crippen LogP contribution in [0.15, 0.2) is 0 Å². The van der Waals surface area contributed by atoms with Gasteiger partial charge < -0.3 is 15.5 Å². The molecule has 4 aliphatic rings. The van der Waals surface area contributed by atoms with Crippen LogP contribution in [0.1, 0.15) is 84.5 Å². The Balaban J connectivity index is 1.39. The molecular weight excluding hydrogens is 374 g/mol. The zero-order chi connectivity index (χ0) is 21.3. The highest BCUT2D eigenvalue weighted by Gasteiger charge is 2.47. The number of likely N-dealkylation sites (tertiary alicyclic amines) is 1. The summed E-state index contributed by atoms with van der Waals surface area (Å²) in [5, 5.41) is 7.05. The van der Waals surface area contributed by atoms with Crippen molar-refractivity contribution in [3.05, 3.63) is 0 Å². The predicted octanol–water partition coefficient (Wildman–Crippen LogP) is 3.72. The number of piperidine rings is 2. The van der Waals surface area contributed by atoms with Crippen molar-refractivity contribution in [3.8, 4) is 0 Å². The SMILES string of the molecule is CC1CC2C(CN1)CC(C1CC(NC(=O)C3CCCCCC3)CCC1C)C(=O)N2C. The number of hydrogen-bond donors (Lipinski definition) is 2. The van der Waals surface area contributed by atoms with Crippen LogP contribution in [-0.4, -0.2) is 48.4 Å². The first-order valence-electron chi connectivity index (χ1n) is 12.7. The van der Waals surface area contributed by atoms with Crippen LogP contribution in [0.25, 0.3) is 0 Å². The zero-order valence-electron chi connectivity index (χ0n) is 19.4. The molecule has 2 aliphatic carbocycles. The van der Waals surface area contributed by atoms with Crippen molar-refractivity contribution < 1.29 is 9.59 Å². The summed E-state index contributed by atoms with van der Waals surface area (Å²) in [6, 6.07) is 1.15. The number of nitrogens with zero attached hydrogens (tertiary/aromatic N) is 1. The molecule has 2 heterocycles. The van der Waals surface area contributed by atoms with Gasteiger partial charge in [0.15, 0.2) is 0 Å². The highest BCUT2D eigenvalue weighted by Crippen LogP contribution is 2.43. The van der Waals surface area contributed by atoms with Gasteiger partial charge in [-0.2, -0.15) is 0 Å². The van der Waals surface area contributed by atoms with Crippen molar-refractivity contribution in [2.24, 2.45) is 29.6 Å². The summed E-state index contributed by atoms with van der Waals surface area (Å²) in [5.41, 5.74) is 0. The van der Waals surface area contributed by atoms with Gasteiger partial charge in [0, 0.05) is 43.6 Å². The molecule has 5 nitrogen and oxygen atoms in total.